The van der Waals surface area contributed by atoms with E-state index >= 15 is 0 Å². The lowest BCUT2D eigenvalue weighted by molar-refractivity contribution is 0.0697. The van der Waals surface area contributed by atoms with Gasteiger partial charge in [0.2, 0.25) is 0 Å². The number of carboxylic acids is 1. The average Bonchev–Trinajstić information content (AvgIpc) is 3.39. The summed E-state index contributed by atoms with van der Waals surface area (Å²) in [4.78, 5) is 28.9. The Balaban J connectivity index is 0.00000245. The lowest BCUT2D eigenvalue weighted by atomic mass is 10.0. The van der Waals surface area contributed by atoms with E-state index in [9.17, 15) is 14.7 Å². The smallest absolute Gasteiger partial charge is 0.335 e. The fourth-order valence-corrected chi connectivity index (χ4v) is 4.18. The van der Waals surface area contributed by atoms with Crippen LogP contribution in [0.15, 0.2) is 65.6 Å². The Morgan fingerprint density at radius 1 is 1.12 bits per heavy atom. The topological polar surface area (TPSA) is 109 Å². The normalized spacial score (nSPS) is 15.6. The van der Waals surface area contributed by atoms with E-state index in [1.165, 1.54) is 12.1 Å². The molecule has 0 bridgehead atoms. The number of hydrogen-bond donors (Lipinski definition) is 3. The summed E-state index contributed by atoms with van der Waals surface area (Å²) in [5.41, 5.74) is 3.05. The molecule has 4 aromatic rings. The minimum atomic E-state index is -1.01. The zero-order chi connectivity index (χ0) is 21.5. The minimum absolute atomic E-state index is 0. The number of carbonyl (C=O) groups is 1. The van der Waals surface area contributed by atoms with Crippen molar-refractivity contribution in [3.05, 3.63) is 76.8 Å². The predicted octanol–water partition coefficient (Wildman–Crippen LogP) is 3.21. The number of carboxylic acid groups (broad SMARTS) is 1. The molecule has 1 aliphatic heterocycles. The van der Waals surface area contributed by atoms with Gasteiger partial charge in [-0.2, -0.15) is 0 Å². The zero-order valence-corrected chi connectivity index (χ0v) is 17.7. The molecule has 0 saturated carbocycles. The maximum atomic E-state index is 13.4. The maximum Gasteiger partial charge on any atom is 0.335 e. The second kappa shape index (κ2) is 8.49. The number of benzene rings is 2. The van der Waals surface area contributed by atoms with Crippen LogP contribution in [0.1, 0.15) is 22.8 Å². The molecule has 5 rings (SSSR count). The first-order chi connectivity index (χ1) is 15.0. The Bertz CT molecular complexity index is 1350. The van der Waals surface area contributed by atoms with Crippen molar-refractivity contribution in [1.82, 2.24) is 19.4 Å². The number of pyridine rings is 1. The molecular formula is C23H21ClN4O4. The van der Waals surface area contributed by atoms with Crippen LogP contribution < -0.4 is 11.0 Å². The van der Waals surface area contributed by atoms with E-state index in [0.717, 1.165) is 13.0 Å². The third kappa shape index (κ3) is 3.53. The molecular weight excluding hydrogens is 432 g/mol. The standard InChI is InChI=1S/C23H20N4O4.ClH/c28-20-12-16(7-8-18(20)14-3-5-15(6-4-14)22(29)30)26-19-2-1-10-25-21(19)27(23(26)31)17-9-11-24-13-17;/h1-8,10,12,17,24,28H,9,11,13H2,(H,29,30);1H. The highest BCUT2D eigenvalue weighted by Gasteiger charge is 2.24. The van der Waals surface area contributed by atoms with E-state index in [-0.39, 0.29) is 35.5 Å². The molecule has 0 aliphatic carbocycles. The molecule has 1 fully saturated rings. The maximum absolute atomic E-state index is 13.4. The Morgan fingerprint density at radius 2 is 1.91 bits per heavy atom. The van der Waals surface area contributed by atoms with Crippen molar-refractivity contribution in [2.24, 2.45) is 0 Å². The highest BCUT2D eigenvalue weighted by molar-refractivity contribution is 5.88. The summed E-state index contributed by atoms with van der Waals surface area (Å²) < 4.78 is 3.29. The number of phenolic OH excluding ortho intramolecular Hbond substituents is 1. The molecule has 3 N–H and O–H groups in total. The molecule has 1 unspecified atom stereocenters. The Morgan fingerprint density at radius 3 is 2.56 bits per heavy atom. The van der Waals surface area contributed by atoms with Gasteiger partial charge in [0.1, 0.15) is 5.75 Å². The van der Waals surface area contributed by atoms with E-state index in [2.05, 4.69) is 10.3 Å². The molecule has 1 atom stereocenters. The molecule has 32 heavy (non-hydrogen) atoms. The fourth-order valence-electron chi connectivity index (χ4n) is 4.18. The molecule has 9 heteroatoms. The van der Waals surface area contributed by atoms with Gasteiger partial charge in [-0.15, -0.1) is 12.4 Å². The van der Waals surface area contributed by atoms with Crippen LogP contribution in [0.2, 0.25) is 0 Å². The first-order valence-electron chi connectivity index (χ1n) is 10.0. The van der Waals surface area contributed by atoms with Crippen molar-refractivity contribution in [2.45, 2.75) is 12.5 Å². The van der Waals surface area contributed by atoms with E-state index in [1.807, 2.05) is 6.07 Å². The number of aromatic hydroxyl groups is 1. The van der Waals surface area contributed by atoms with Gasteiger partial charge in [-0.3, -0.25) is 9.13 Å². The molecule has 0 radical (unpaired) electrons. The van der Waals surface area contributed by atoms with Crippen LogP contribution >= 0.6 is 12.4 Å². The van der Waals surface area contributed by atoms with Gasteiger partial charge in [-0.1, -0.05) is 12.1 Å². The van der Waals surface area contributed by atoms with Crippen molar-refractivity contribution < 1.29 is 15.0 Å². The van der Waals surface area contributed by atoms with Crippen molar-refractivity contribution in [1.29, 1.82) is 0 Å². The summed E-state index contributed by atoms with van der Waals surface area (Å²) in [6.45, 7) is 1.57. The third-order valence-electron chi connectivity index (χ3n) is 5.71. The van der Waals surface area contributed by atoms with Crippen molar-refractivity contribution in [3.63, 3.8) is 0 Å². The van der Waals surface area contributed by atoms with Gasteiger partial charge in [-0.25, -0.2) is 14.6 Å². The molecule has 0 spiro atoms. The monoisotopic (exact) mass is 452 g/mol. The van der Waals surface area contributed by atoms with E-state index in [4.69, 9.17) is 5.11 Å². The summed E-state index contributed by atoms with van der Waals surface area (Å²) in [7, 11) is 0. The van der Waals surface area contributed by atoms with Gasteiger partial charge in [0.05, 0.1) is 22.8 Å². The van der Waals surface area contributed by atoms with E-state index < -0.39 is 5.97 Å². The van der Waals surface area contributed by atoms with Gasteiger partial charge in [-0.05, 0) is 54.9 Å². The van der Waals surface area contributed by atoms with Crippen LogP contribution in [-0.2, 0) is 0 Å². The van der Waals surface area contributed by atoms with Crippen molar-refractivity contribution in [3.8, 4) is 22.6 Å². The predicted molar refractivity (Wildman–Crippen MR) is 123 cm³/mol. The number of fused-ring (bicyclic) bond motifs is 1. The number of nitrogens with one attached hydrogen (secondary N) is 1. The lowest BCUT2D eigenvalue weighted by Gasteiger charge is -2.10. The van der Waals surface area contributed by atoms with Gasteiger partial charge in [0, 0.05) is 24.4 Å². The fraction of sp³-hybridized carbons (Fsp3) is 0.174. The highest BCUT2D eigenvalue weighted by Crippen LogP contribution is 2.32. The number of rotatable bonds is 4. The zero-order valence-electron chi connectivity index (χ0n) is 16.9. The molecule has 2 aromatic carbocycles. The van der Waals surface area contributed by atoms with Crippen LogP contribution in [0.5, 0.6) is 5.75 Å². The Kier molecular flexibility index (Phi) is 5.73. The molecule has 3 heterocycles. The van der Waals surface area contributed by atoms with E-state index in [1.54, 1.807) is 51.7 Å². The molecule has 0 amide bonds. The number of aromatic nitrogens is 3. The van der Waals surface area contributed by atoms with Crippen LogP contribution in [-0.4, -0.2) is 43.4 Å². The highest BCUT2D eigenvalue weighted by atomic mass is 35.5. The number of hydrogen-bond acceptors (Lipinski definition) is 5. The van der Waals surface area contributed by atoms with Gasteiger partial charge in [0.25, 0.3) is 0 Å². The van der Waals surface area contributed by atoms with Gasteiger partial charge >= 0.3 is 11.7 Å². The summed E-state index contributed by atoms with van der Waals surface area (Å²) in [6, 6.07) is 15.0. The number of nitrogens with zero attached hydrogens (tertiary/aromatic N) is 3. The second-order valence-corrected chi connectivity index (χ2v) is 7.56. The molecule has 8 nitrogen and oxygen atoms in total. The summed E-state index contributed by atoms with van der Waals surface area (Å²) in [5.74, 6) is -1.01. The third-order valence-corrected chi connectivity index (χ3v) is 5.71. The summed E-state index contributed by atoms with van der Waals surface area (Å²) >= 11 is 0. The molecule has 2 aromatic heterocycles. The number of imidazole rings is 1. The van der Waals surface area contributed by atoms with Crippen LogP contribution in [0.4, 0.5) is 0 Å². The Labute approximate surface area is 189 Å². The van der Waals surface area contributed by atoms with Gasteiger partial charge in [0.15, 0.2) is 5.65 Å². The Hall–Kier alpha value is -3.62. The largest absolute Gasteiger partial charge is 0.507 e. The molecule has 1 aliphatic rings. The second-order valence-electron chi connectivity index (χ2n) is 7.56. The van der Waals surface area contributed by atoms with Crippen LogP contribution in [0, 0.1) is 0 Å². The first-order valence-corrected chi connectivity index (χ1v) is 10.0. The van der Waals surface area contributed by atoms with Crippen LogP contribution in [0.25, 0.3) is 28.0 Å². The van der Waals surface area contributed by atoms with Crippen LogP contribution in [0.3, 0.4) is 0 Å². The molecule has 1 saturated heterocycles. The van der Waals surface area contributed by atoms with Gasteiger partial charge < -0.3 is 15.5 Å². The quantitative estimate of drug-likeness (QED) is 0.438. The molecule has 164 valence electrons. The number of aromatic carboxylic acids is 1. The minimum Gasteiger partial charge on any atom is -0.507 e. The number of phenols is 1. The van der Waals surface area contributed by atoms with Crippen molar-refractivity contribution in [2.75, 3.05) is 13.1 Å². The SMILES string of the molecule is Cl.O=C(O)c1ccc(-c2ccc(-n3c(=O)n(C4CCNC4)c4ncccc43)cc2O)cc1. The summed E-state index contributed by atoms with van der Waals surface area (Å²) in [6.07, 6.45) is 2.53. The van der Waals surface area contributed by atoms with Crippen molar-refractivity contribution >= 4 is 29.5 Å². The lowest BCUT2D eigenvalue weighted by Crippen LogP contribution is -2.28. The summed E-state index contributed by atoms with van der Waals surface area (Å²) in [5, 5.41) is 23.0. The number of halogens is 1. The van der Waals surface area contributed by atoms with E-state index in [0.29, 0.717) is 34.5 Å². The average molecular weight is 453 g/mol. The first kappa shape index (κ1) is 21.6.